The summed E-state index contributed by atoms with van der Waals surface area (Å²) >= 11 is 0. The molecule has 0 radical (unpaired) electrons. The number of nitrogens with one attached hydrogen (secondary N) is 2. The first kappa shape index (κ1) is 14.8. The lowest BCUT2D eigenvalue weighted by Gasteiger charge is -2.29. The largest absolute Gasteiger partial charge is 0.404 e. The molecule has 2 N–H and O–H groups in total. The molecule has 20 heavy (non-hydrogen) atoms. The van der Waals surface area contributed by atoms with E-state index in [1.54, 1.807) is 0 Å². The van der Waals surface area contributed by atoms with Crippen molar-refractivity contribution in [1.29, 1.82) is 0 Å². The van der Waals surface area contributed by atoms with Crippen LogP contribution in [0.2, 0.25) is 0 Å². The second-order valence-corrected chi connectivity index (χ2v) is 5.22. The first-order chi connectivity index (χ1) is 9.28. The summed E-state index contributed by atoms with van der Waals surface area (Å²) < 4.78 is 41.2. The Balaban J connectivity index is 2.24. The molecule has 1 unspecified atom stereocenters. The van der Waals surface area contributed by atoms with Gasteiger partial charge in [-0.15, -0.1) is 0 Å². The van der Waals surface area contributed by atoms with E-state index in [0.717, 1.165) is 0 Å². The number of hydrogen-bond donors (Lipinski definition) is 2. The van der Waals surface area contributed by atoms with Crippen molar-refractivity contribution in [2.75, 3.05) is 18.4 Å². The van der Waals surface area contributed by atoms with Gasteiger partial charge in [0, 0.05) is 18.7 Å². The van der Waals surface area contributed by atoms with Gasteiger partial charge < -0.3 is 10.6 Å². The van der Waals surface area contributed by atoms with Crippen molar-refractivity contribution in [3.8, 4) is 0 Å². The van der Waals surface area contributed by atoms with E-state index in [9.17, 15) is 18.0 Å². The van der Waals surface area contributed by atoms with E-state index in [1.807, 2.05) is 13.8 Å². The second-order valence-electron chi connectivity index (χ2n) is 5.22. The van der Waals surface area contributed by atoms with E-state index in [4.69, 9.17) is 0 Å². The van der Waals surface area contributed by atoms with Crippen molar-refractivity contribution in [1.82, 2.24) is 15.1 Å². The maximum Gasteiger partial charge on any atom is 0.404 e. The van der Waals surface area contributed by atoms with Crippen LogP contribution in [-0.2, 0) is 4.79 Å². The van der Waals surface area contributed by atoms with Crippen LogP contribution in [0.3, 0.4) is 0 Å². The minimum atomic E-state index is -4.58. The van der Waals surface area contributed by atoms with Crippen LogP contribution in [0.15, 0.2) is 12.3 Å². The van der Waals surface area contributed by atoms with Gasteiger partial charge in [-0.3, -0.25) is 4.79 Å². The Morgan fingerprint density at radius 3 is 2.75 bits per heavy atom. The van der Waals surface area contributed by atoms with Crippen LogP contribution in [0.4, 0.5) is 19.0 Å². The molecule has 1 saturated heterocycles. The highest BCUT2D eigenvalue weighted by atomic mass is 19.4. The van der Waals surface area contributed by atoms with E-state index in [-0.39, 0.29) is 24.8 Å². The Bertz CT molecular complexity index is 489. The van der Waals surface area contributed by atoms with Crippen molar-refractivity contribution in [3.63, 3.8) is 0 Å². The van der Waals surface area contributed by atoms with Crippen molar-refractivity contribution in [2.24, 2.45) is 5.41 Å². The lowest BCUT2D eigenvalue weighted by molar-refractivity contribution is -0.213. The van der Waals surface area contributed by atoms with E-state index in [0.29, 0.717) is 0 Å². The van der Waals surface area contributed by atoms with Gasteiger partial charge in [-0.1, -0.05) is 0 Å². The van der Waals surface area contributed by atoms with Crippen LogP contribution in [-0.4, -0.2) is 35.0 Å². The van der Waals surface area contributed by atoms with Crippen molar-refractivity contribution >= 4 is 11.7 Å². The minimum absolute atomic E-state index is 0.0520. The molecule has 0 saturated carbocycles. The van der Waals surface area contributed by atoms with Crippen molar-refractivity contribution in [2.45, 2.75) is 32.5 Å². The topological polar surface area (TPSA) is 59.0 Å². The van der Waals surface area contributed by atoms with E-state index >= 15 is 0 Å². The summed E-state index contributed by atoms with van der Waals surface area (Å²) in [6.07, 6.45) is -3.38. The fourth-order valence-electron chi connectivity index (χ4n) is 2.32. The first-order valence-corrected chi connectivity index (χ1v) is 6.40. The van der Waals surface area contributed by atoms with Gasteiger partial charge in [0.15, 0.2) is 5.41 Å². The van der Waals surface area contributed by atoms with E-state index in [1.165, 1.54) is 16.9 Å². The van der Waals surface area contributed by atoms with Crippen molar-refractivity contribution in [3.05, 3.63) is 12.3 Å². The zero-order chi connectivity index (χ0) is 15.0. The lowest BCUT2D eigenvalue weighted by atomic mass is 9.85. The molecule has 1 aromatic heterocycles. The highest BCUT2D eigenvalue weighted by molar-refractivity contribution is 5.95. The molecule has 2 rings (SSSR count). The average Bonchev–Trinajstić information content (AvgIpc) is 2.96. The molecule has 1 aliphatic heterocycles. The number of carbonyl (C=O) groups excluding carboxylic acids is 1. The molecular weight excluding hydrogens is 273 g/mol. The highest BCUT2D eigenvalue weighted by Gasteiger charge is 2.61. The molecule has 8 heteroatoms. The van der Waals surface area contributed by atoms with Gasteiger partial charge in [-0.25, -0.2) is 4.68 Å². The number of rotatable bonds is 3. The number of halogens is 3. The van der Waals surface area contributed by atoms with Gasteiger partial charge in [-0.05, 0) is 26.8 Å². The molecule has 2 heterocycles. The summed E-state index contributed by atoms with van der Waals surface area (Å²) in [5.74, 6) is -0.752. The van der Waals surface area contributed by atoms with Gasteiger partial charge in [-0.2, -0.15) is 18.3 Å². The molecule has 0 spiro atoms. The average molecular weight is 290 g/mol. The molecule has 1 amide bonds. The monoisotopic (exact) mass is 290 g/mol. The Morgan fingerprint density at radius 1 is 1.55 bits per heavy atom. The molecule has 0 aliphatic carbocycles. The van der Waals surface area contributed by atoms with Gasteiger partial charge in [0.25, 0.3) is 0 Å². The summed E-state index contributed by atoms with van der Waals surface area (Å²) in [6.45, 7) is 3.45. The summed E-state index contributed by atoms with van der Waals surface area (Å²) in [5, 5.41) is 8.96. The SMILES string of the molecule is CC(C)n1nccc1NC(=O)C1(C(F)(F)F)CCNC1. The van der Waals surface area contributed by atoms with Gasteiger partial charge in [0.05, 0.1) is 6.20 Å². The number of hydrogen-bond acceptors (Lipinski definition) is 3. The third kappa shape index (κ3) is 2.39. The third-order valence-corrected chi connectivity index (χ3v) is 3.53. The standard InChI is InChI=1S/C12H17F3N4O/c1-8(2)19-9(3-5-17-19)18-10(20)11(12(13,14)15)4-6-16-7-11/h3,5,8,16H,4,6-7H2,1-2H3,(H,18,20). The number of amides is 1. The highest BCUT2D eigenvalue weighted by Crippen LogP contribution is 2.43. The van der Waals surface area contributed by atoms with E-state index < -0.39 is 24.0 Å². The molecule has 112 valence electrons. The number of carbonyl (C=O) groups is 1. The Labute approximate surface area is 114 Å². The predicted octanol–water partition coefficient (Wildman–Crippen LogP) is 1.94. The molecule has 0 aromatic carbocycles. The zero-order valence-corrected chi connectivity index (χ0v) is 11.3. The second kappa shape index (κ2) is 5.08. The van der Waals surface area contributed by atoms with Crippen LogP contribution in [0, 0.1) is 5.41 Å². The minimum Gasteiger partial charge on any atom is -0.315 e. The molecule has 1 aliphatic rings. The molecule has 1 aromatic rings. The summed E-state index contributed by atoms with van der Waals surface area (Å²) in [6, 6.07) is 1.44. The molecule has 1 atom stereocenters. The first-order valence-electron chi connectivity index (χ1n) is 6.40. The maximum absolute atomic E-state index is 13.2. The van der Waals surface area contributed by atoms with Crippen LogP contribution in [0.25, 0.3) is 0 Å². The Morgan fingerprint density at radius 2 is 2.25 bits per heavy atom. The summed E-state index contributed by atoms with van der Waals surface area (Å²) in [7, 11) is 0. The Hall–Kier alpha value is -1.57. The van der Waals surface area contributed by atoms with Crippen LogP contribution >= 0.6 is 0 Å². The molecule has 5 nitrogen and oxygen atoms in total. The molecule has 0 bridgehead atoms. The van der Waals surface area contributed by atoms with Gasteiger partial charge in [0.2, 0.25) is 5.91 Å². The molecular formula is C12H17F3N4O. The smallest absolute Gasteiger partial charge is 0.315 e. The fraction of sp³-hybridized carbons (Fsp3) is 0.667. The Kier molecular flexibility index (Phi) is 3.77. The van der Waals surface area contributed by atoms with Gasteiger partial charge in [0.1, 0.15) is 5.82 Å². The normalized spacial score (nSPS) is 23.3. The quantitative estimate of drug-likeness (QED) is 0.894. The number of anilines is 1. The molecule has 1 fully saturated rings. The number of alkyl halides is 3. The maximum atomic E-state index is 13.2. The van der Waals surface area contributed by atoms with E-state index in [2.05, 4.69) is 15.7 Å². The lowest BCUT2D eigenvalue weighted by Crippen LogP contribution is -2.49. The predicted molar refractivity (Wildman–Crippen MR) is 67.2 cm³/mol. The van der Waals surface area contributed by atoms with Crippen LogP contribution in [0.1, 0.15) is 26.3 Å². The third-order valence-electron chi connectivity index (χ3n) is 3.53. The summed E-state index contributed by atoms with van der Waals surface area (Å²) in [4.78, 5) is 12.1. The number of nitrogens with zero attached hydrogens (tertiary/aromatic N) is 2. The van der Waals surface area contributed by atoms with Crippen LogP contribution in [0.5, 0.6) is 0 Å². The van der Waals surface area contributed by atoms with Crippen molar-refractivity contribution < 1.29 is 18.0 Å². The van der Waals surface area contributed by atoms with Gasteiger partial charge >= 0.3 is 6.18 Å². The zero-order valence-electron chi connectivity index (χ0n) is 11.3. The fourth-order valence-corrected chi connectivity index (χ4v) is 2.32. The summed E-state index contributed by atoms with van der Waals surface area (Å²) in [5.41, 5.74) is -2.36. The number of aromatic nitrogens is 2. The van der Waals surface area contributed by atoms with Crippen LogP contribution < -0.4 is 10.6 Å².